The Balaban J connectivity index is 1.67. The number of rotatable bonds is 4. The first-order valence-corrected chi connectivity index (χ1v) is 7.88. The predicted octanol–water partition coefficient (Wildman–Crippen LogP) is 3.54. The molecule has 3 N–H and O–H groups in total. The Bertz CT molecular complexity index is 914. The maximum Gasteiger partial charge on any atom is 0.319 e. The fourth-order valence-corrected chi connectivity index (χ4v) is 2.56. The molecular weight excluding hydrogens is 321 g/mol. The summed E-state index contributed by atoms with van der Waals surface area (Å²) in [5, 5.41) is 16.2. The Hall–Kier alpha value is -2.99. The van der Waals surface area contributed by atoms with Crippen LogP contribution in [0.25, 0.3) is 10.9 Å². The third-order valence-corrected chi connectivity index (χ3v) is 3.83. The van der Waals surface area contributed by atoms with Crippen molar-refractivity contribution in [2.75, 3.05) is 11.9 Å². The van der Waals surface area contributed by atoms with Gasteiger partial charge in [-0.25, -0.2) is 9.18 Å². The molecule has 0 saturated carbocycles. The minimum Gasteiger partial charge on any atom is -0.386 e. The lowest BCUT2D eigenvalue weighted by atomic mass is 10.1. The number of aliphatic hydroxyl groups excluding tert-OH is 1. The third kappa shape index (κ3) is 3.92. The second-order valence-electron chi connectivity index (χ2n) is 5.70. The summed E-state index contributed by atoms with van der Waals surface area (Å²) in [6.45, 7) is 1.77. The number of aliphatic hydroxyl groups is 1. The molecule has 0 aliphatic carbocycles. The van der Waals surface area contributed by atoms with Gasteiger partial charge in [-0.3, -0.25) is 4.98 Å². The molecule has 1 heterocycles. The van der Waals surface area contributed by atoms with Crippen molar-refractivity contribution >= 4 is 22.6 Å². The molecule has 2 amide bonds. The Kier molecular flexibility index (Phi) is 4.90. The maximum absolute atomic E-state index is 13.6. The van der Waals surface area contributed by atoms with E-state index < -0.39 is 18.0 Å². The molecule has 0 aliphatic rings. The number of hydrogen-bond acceptors (Lipinski definition) is 3. The van der Waals surface area contributed by atoms with E-state index in [9.17, 15) is 14.3 Å². The molecule has 0 aliphatic heterocycles. The fourth-order valence-electron chi connectivity index (χ4n) is 2.56. The highest BCUT2D eigenvalue weighted by Crippen LogP contribution is 2.21. The zero-order valence-electron chi connectivity index (χ0n) is 13.7. The average Bonchev–Trinajstić information content (AvgIpc) is 2.60. The van der Waals surface area contributed by atoms with Gasteiger partial charge >= 0.3 is 6.03 Å². The fraction of sp³-hybridized carbons (Fsp3) is 0.158. The van der Waals surface area contributed by atoms with Gasteiger partial charge in [0.05, 0.1) is 17.3 Å². The van der Waals surface area contributed by atoms with E-state index in [4.69, 9.17) is 0 Å². The maximum atomic E-state index is 13.6. The van der Waals surface area contributed by atoms with Gasteiger partial charge < -0.3 is 15.7 Å². The Morgan fingerprint density at radius 1 is 1.16 bits per heavy atom. The summed E-state index contributed by atoms with van der Waals surface area (Å²) in [6.07, 6.45) is -1.13. The zero-order chi connectivity index (χ0) is 17.8. The zero-order valence-corrected chi connectivity index (χ0v) is 13.7. The topological polar surface area (TPSA) is 74.2 Å². The van der Waals surface area contributed by atoms with Crippen LogP contribution in [0, 0.1) is 12.7 Å². The normalized spacial score (nSPS) is 12.0. The molecule has 3 rings (SSSR count). The first kappa shape index (κ1) is 16.9. The molecule has 1 unspecified atom stereocenters. The molecule has 0 fully saturated rings. The van der Waals surface area contributed by atoms with E-state index in [2.05, 4.69) is 15.6 Å². The predicted molar refractivity (Wildman–Crippen MR) is 94.9 cm³/mol. The van der Waals surface area contributed by atoms with Crippen molar-refractivity contribution in [3.8, 4) is 0 Å². The molecule has 25 heavy (non-hydrogen) atoms. The van der Waals surface area contributed by atoms with Crippen LogP contribution in [0.15, 0.2) is 54.6 Å². The first-order chi connectivity index (χ1) is 12.0. The largest absolute Gasteiger partial charge is 0.386 e. The highest BCUT2D eigenvalue weighted by molar-refractivity contribution is 5.99. The van der Waals surface area contributed by atoms with Gasteiger partial charge in [0.15, 0.2) is 0 Å². The second-order valence-corrected chi connectivity index (χ2v) is 5.70. The molecule has 5 nitrogen and oxygen atoms in total. The number of urea groups is 1. The quantitative estimate of drug-likeness (QED) is 0.681. The lowest BCUT2D eigenvalue weighted by Gasteiger charge is -2.14. The molecule has 0 bridgehead atoms. The number of benzene rings is 2. The highest BCUT2D eigenvalue weighted by atomic mass is 19.1. The van der Waals surface area contributed by atoms with Crippen LogP contribution in [0.5, 0.6) is 0 Å². The summed E-state index contributed by atoms with van der Waals surface area (Å²) in [7, 11) is 0. The number of fused-ring (bicyclic) bond motifs is 1. The summed E-state index contributed by atoms with van der Waals surface area (Å²) >= 11 is 0. The van der Waals surface area contributed by atoms with Gasteiger partial charge in [0.2, 0.25) is 0 Å². The van der Waals surface area contributed by atoms with Gasteiger partial charge in [-0.2, -0.15) is 0 Å². The standard InChI is InChI=1S/C19H18FN3O2/c1-12-9-10-13-5-4-8-16(18(13)22-12)23-19(25)21-11-17(24)14-6-2-3-7-15(14)20/h2-10,17,24H,11H2,1H3,(H2,21,23,25). The first-order valence-electron chi connectivity index (χ1n) is 7.88. The SMILES string of the molecule is Cc1ccc2cccc(NC(=O)NCC(O)c3ccccc3F)c2n1. The van der Waals surface area contributed by atoms with Gasteiger partial charge in [0.25, 0.3) is 0 Å². The van der Waals surface area contributed by atoms with Crippen molar-refractivity contribution in [3.63, 3.8) is 0 Å². The summed E-state index contributed by atoms with van der Waals surface area (Å²) in [5.74, 6) is -0.508. The van der Waals surface area contributed by atoms with E-state index in [1.807, 2.05) is 31.2 Å². The van der Waals surface area contributed by atoms with Gasteiger partial charge in [0, 0.05) is 23.2 Å². The van der Waals surface area contributed by atoms with E-state index in [1.54, 1.807) is 18.2 Å². The number of nitrogens with zero attached hydrogens (tertiary/aromatic N) is 1. The molecule has 0 spiro atoms. The van der Waals surface area contributed by atoms with E-state index in [-0.39, 0.29) is 12.1 Å². The summed E-state index contributed by atoms with van der Waals surface area (Å²) in [6, 6.07) is 14.7. The number of carbonyl (C=O) groups excluding carboxylic acids is 1. The van der Waals surface area contributed by atoms with Gasteiger partial charge in [-0.05, 0) is 25.1 Å². The molecular formula is C19H18FN3O2. The van der Waals surface area contributed by atoms with Crippen LogP contribution in [0.2, 0.25) is 0 Å². The van der Waals surface area contributed by atoms with Crippen LogP contribution >= 0.6 is 0 Å². The van der Waals surface area contributed by atoms with Crippen molar-refractivity contribution in [2.45, 2.75) is 13.0 Å². The minimum absolute atomic E-state index is 0.107. The lowest BCUT2D eigenvalue weighted by Crippen LogP contribution is -2.32. The van der Waals surface area contributed by atoms with Crippen LogP contribution < -0.4 is 10.6 Å². The molecule has 128 valence electrons. The van der Waals surface area contributed by atoms with Crippen LogP contribution in [-0.4, -0.2) is 22.7 Å². The summed E-state index contributed by atoms with van der Waals surface area (Å²) in [5.41, 5.74) is 2.24. The third-order valence-electron chi connectivity index (χ3n) is 3.83. The Labute approximate surface area is 144 Å². The number of para-hydroxylation sites is 1. The monoisotopic (exact) mass is 339 g/mol. The number of pyridine rings is 1. The van der Waals surface area contributed by atoms with Crippen LogP contribution in [0.4, 0.5) is 14.9 Å². The summed E-state index contributed by atoms with van der Waals surface area (Å²) in [4.78, 5) is 16.5. The van der Waals surface area contributed by atoms with Gasteiger partial charge in [-0.15, -0.1) is 0 Å². The van der Waals surface area contributed by atoms with E-state index >= 15 is 0 Å². The lowest BCUT2D eigenvalue weighted by molar-refractivity contribution is 0.170. The number of carbonyl (C=O) groups is 1. The number of anilines is 1. The number of aromatic nitrogens is 1. The van der Waals surface area contributed by atoms with E-state index in [0.717, 1.165) is 11.1 Å². The number of nitrogens with one attached hydrogen (secondary N) is 2. The van der Waals surface area contributed by atoms with Gasteiger partial charge in [-0.1, -0.05) is 36.4 Å². The van der Waals surface area contributed by atoms with Crippen molar-refractivity contribution < 1.29 is 14.3 Å². The number of aryl methyl sites for hydroxylation is 1. The van der Waals surface area contributed by atoms with Crippen molar-refractivity contribution in [2.24, 2.45) is 0 Å². The van der Waals surface area contributed by atoms with Crippen LogP contribution in [0.1, 0.15) is 17.4 Å². The van der Waals surface area contributed by atoms with Crippen LogP contribution in [-0.2, 0) is 0 Å². The average molecular weight is 339 g/mol. The smallest absolute Gasteiger partial charge is 0.319 e. The molecule has 0 radical (unpaired) electrons. The Morgan fingerprint density at radius 2 is 1.96 bits per heavy atom. The highest BCUT2D eigenvalue weighted by Gasteiger charge is 2.14. The van der Waals surface area contributed by atoms with Gasteiger partial charge in [0.1, 0.15) is 5.82 Å². The summed E-state index contributed by atoms with van der Waals surface area (Å²) < 4.78 is 13.6. The number of halogens is 1. The number of hydrogen-bond donors (Lipinski definition) is 3. The molecule has 2 aromatic carbocycles. The van der Waals surface area contributed by atoms with Crippen molar-refractivity contribution in [1.29, 1.82) is 0 Å². The van der Waals surface area contributed by atoms with Crippen molar-refractivity contribution in [1.82, 2.24) is 10.3 Å². The van der Waals surface area contributed by atoms with Crippen LogP contribution in [0.3, 0.4) is 0 Å². The number of amides is 2. The van der Waals surface area contributed by atoms with E-state index in [1.165, 1.54) is 12.1 Å². The van der Waals surface area contributed by atoms with Crippen molar-refractivity contribution in [3.05, 3.63) is 71.7 Å². The molecule has 1 atom stereocenters. The molecule has 6 heteroatoms. The second kappa shape index (κ2) is 7.27. The molecule has 1 aromatic heterocycles. The Morgan fingerprint density at radius 3 is 2.76 bits per heavy atom. The molecule has 0 saturated heterocycles. The minimum atomic E-state index is -1.13. The van der Waals surface area contributed by atoms with E-state index in [0.29, 0.717) is 11.2 Å². The molecule has 3 aromatic rings.